The largest absolute Gasteiger partial charge is 0.369 e. The third kappa shape index (κ3) is 2.41. The number of non-ortho nitro benzene ring substituents is 1. The Balaban J connectivity index is 2.11. The summed E-state index contributed by atoms with van der Waals surface area (Å²) in [6, 6.07) is 5.70. The van der Waals surface area contributed by atoms with Crippen LogP contribution in [0.15, 0.2) is 29.1 Å². The third-order valence-corrected chi connectivity index (χ3v) is 4.41. The Bertz CT molecular complexity index is 1130. The molecule has 0 aliphatic heterocycles. The number of nitrogens with one attached hydrogen (secondary N) is 1. The zero-order chi connectivity index (χ0) is 18.4. The number of ketones is 1. The molecule has 26 heavy (non-hydrogen) atoms. The van der Waals surface area contributed by atoms with Crippen molar-refractivity contribution in [3.05, 3.63) is 56.0 Å². The molecule has 0 spiro atoms. The van der Waals surface area contributed by atoms with Crippen LogP contribution in [0.25, 0.3) is 22.2 Å². The van der Waals surface area contributed by atoms with Crippen LogP contribution in [0.1, 0.15) is 28.9 Å². The molecule has 2 heterocycles. The predicted molar refractivity (Wildman–Crippen MR) is 93.9 cm³/mol. The number of nitro benzene ring substituents is 1. The second-order valence-corrected chi connectivity index (χ2v) is 6.04. The molecule has 0 saturated carbocycles. The summed E-state index contributed by atoms with van der Waals surface area (Å²) >= 11 is 0. The lowest BCUT2D eigenvalue weighted by atomic mass is 9.86. The first-order valence-electron chi connectivity index (χ1n) is 7.96. The Labute approximate surface area is 146 Å². The van der Waals surface area contributed by atoms with Crippen molar-refractivity contribution in [2.75, 3.05) is 5.73 Å². The zero-order valence-electron chi connectivity index (χ0n) is 13.5. The van der Waals surface area contributed by atoms with Crippen molar-refractivity contribution >= 4 is 28.5 Å². The van der Waals surface area contributed by atoms with Gasteiger partial charge in [-0.3, -0.25) is 24.7 Å². The summed E-state index contributed by atoms with van der Waals surface area (Å²) in [5, 5.41) is 11.1. The van der Waals surface area contributed by atoms with Gasteiger partial charge in [0.05, 0.1) is 16.0 Å². The number of nitro groups is 1. The molecule has 2 aromatic heterocycles. The van der Waals surface area contributed by atoms with Gasteiger partial charge in [-0.1, -0.05) is 0 Å². The number of carbonyl (C=O) groups excluding carboxylic acids is 1. The Morgan fingerprint density at radius 1 is 1.08 bits per heavy atom. The molecule has 4 rings (SSSR count). The number of aromatic nitrogens is 3. The molecule has 0 bridgehead atoms. The van der Waals surface area contributed by atoms with Gasteiger partial charge in [-0.15, -0.1) is 0 Å². The Kier molecular flexibility index (Phi) is 3.50. The van der Waals surface area contributed by atoms with Crippen molar-refractivity contribution in [3.63, 3.8) is 0 Å². The van der Waals surface area contributed by atoms with E-state index in [-0.39, 0.29) is 28.5 Å². The molecule has 0 saturated heterocycles. The monoisotopic (exact) mass is 351 g/mol. The van der Waals surface area contributed by atoms with Crippen LogP contribution in [0, 0.1) is 10.1 Å². The van der Waals surface area contributed by atoms with Crippen LogP contribution >= 0.6 is 0 Å². The minimum atomic E-state index is -0.510. The van der Waals surface area contributed by atoms with Gasteiger partial charge < -0.3 is 5.73 Å². The van der Waals surface area contributed by atoms with Gasteiger partial charge in [-0.05, 0) is 30.5 Å². The number of nitrogen functional groups attached to an aromatic ring is 1. The lowest BCUT2D eigenvalue weighted by molar-refractivity contribution is -0.384. The van der Waals surface area contributed by atoms with Crippen molar-refractivity contribution in [2.45, 2.75) is 19.3 Å². The first-order chi connectivity index (χ1) is 12.5. The molecule has 3 N–H and O–H groups in total. The average Bonchev–Trinajstić information content (AvgIpc) is 2.60. The minimum absolute atomic E-state index is 0.0632. The minimum Gasteiger partial charge on any atom is -0.369 e. The highest BCUT2D eigenvalue weighted by Crippen LogP contribution is 2.35. The van der Waals surface area contributed by atoms with E-state index < -0.39 is 10.5 Å². The van der Waals surface area contributed by atoms with E-state index in [2.05, 4.69) is 15.0 Å². The van der Waals surface area contributed by atoms with Crippen LogP contribution in [0.4, 0.5) is 11.6 Å². The third-order valence-electron chi connectivity index (χ3n) is 4.41. The fourth-order valence-corrected chi connectivity index (χ4v) is 3.30. The Hall–Kier alpha value is -3.62. The fourth-order valence-electron chi connectivity index (χ4n) is 3.30. The van der Waals surface area contributed by atoms with E-state index in [1.54, 1.807) is 0 Å². The van der Waals surface area contributed by atoms with Crippen molar-refractivity contribution in [1.82, 2.24) is 15.0 Å². The maximum Gasteiger partial charge on any atom is 0.269 e. The number of aryl methyl sites for hydroxylation is 1. The Morgan fingerprint density at radius 2 is 1.81 bits per heavy atom. The van der Waals surface area contributed by atoms with Crippen molar-refractivity contribution in [3.8, 4) is 11.1 Å². The number of hydrogen-bond acceptors (Lipinski definition) is 7. The van der Waals surface area contributed by atoms with Crippen LogP contribution < -0.4 is 11.3 Å². The topological polar surface area (TPSA) is 145 Å². The van der Waals surface area contributed by atoms with E-state index >= 15 is 0 Å². The number of H-pyrrole nitrogens is 1. The summed E-state index contributed by atoms with van der Waals surface area (Å²) in [7, 11) is 0. The van der Waals surface area contributed by atoms with E-state index in [1.165, 1.54) is 24.3 Å². The molecule has 0 unspecified atom stereocenters. The smallest absolute Gasteiger partial charge is 0.269 e. The molecule has 0 atom stereocenters. The summed E-state index contributed by atoms with van der Waals surface area (Å²) in [6.07, 6.45) is 1.62. The number of Topliss-reactive ketones (excluding diaryl/α,β-unsaturated/α-hetero) is 1. The molecular weight excluding hydrogens is 338 g/mol. The SMILES string of the molecule is Nc1nc2nc3c(c(-c4ccc([N+](=O)[O-])cc4)c2c(=O)[nH]1)C(=O)CCC3. The molecule has 130 valence electrons. The number of nitrogens with zero attached hydrogens (tertiary/aromatic N) is 3. The van der Waals surface area contributed by atoms with Gasteiger partial charge in [0.15, 0.2) is 11.4 Å². The molecule has 9 heteroatoms. The van der Waals surface area contributed by atoms with E-state index in [0.29, 0.717) is 41.6 Å². The summed E-state index contributed by atoms with van der Waals surface area (Å²) in [5.74, 6) is -0.169. The van der Waals surface area contributed by atoms with Gasteiger partial charge in [0.25, 0.3) is 11.2 Å². The number of aromatic amines is 1. The summed E-state index contributed by atoms with van der Waals surface area (Å²) < 4.78 is 0. The maximum absolute atomic E-state index is 12.6. The number of anilines is 1. The molecule has 3 aromatic rings. The lowest BCUT2D eigenvalue weighted by Gasteiger charge is -2.19. The van der Waals surface area contributed by atoms with E-state index in [0.717, 1.165) is 0 Å². The fraction of sp³-hybridized carbons (Fsp3) is 0.176. The normalized spacial score (nSPS) is 13.6. The molecule has 0 amide bonds. The number of hydrogen-bond donors (Lipinski definition) is 2. The van der Waals surface area contributed by atoms with Crippen LogP contribution in [0.3, 0.4) is 0 Å². The summed E-state index contributed by atoms with van der Waals surface area (Å²) in [6.45, 7) is 0. The Morgan fingerprint density at radius 3 is 2.50 bits per heavy atom. The van der Waals surface area contributed by atoms with Crippen LogP contribution in [-0.4, -0.2) is 25.7 Å². The second kappa shape index (κ2) is 5.73. The van der Waals surface area contributed by atoms with Gasteiger partial charge in [0.1, 0.15) is 0 Å². The van der Waals surface area contributed by atoms with Crippen molar-refractivity contribution in [1.29, 1.82) is 0 Å². The second-order valence-electron chi connectivity index (χ2n) is 6.04. The standard InChI is InChI=1S/C17H13N5O4/c18-17-20-15-14(16(24)21-17)12(8-4-6-9(7-5-8)22(25)26)13-10(19-15)2-1-3-11(13)23/h4-7H,1-3H2,(H3,18,19,20,21,24). The molecule has 1 aromatic carbocycles. The molecule has 1 aliphatic carbocycles. The van der Waals surface area contributed by atoms with Gasteiger partial charge in [0, 0.05) is 29.7 Å². The predicted octanol–water partition coefficient (Wildman–Crippen LogP) is 1.99. The summed E-state index contributed by atoms with van der Waals surface area (Å²) in [4.78, 5) is 46.4. The van der Waals surface area contributed by atoms with Crippen LogP contribution in [0.2, 0.25) is 0 Å². The highest BCUT2D eigenvalue weighted by molar-refractivity contribution is 6.10. The quantitative estimate of drug-likeness (QED) is 0.530. The van der Waals surface area contributed by atoms with Gasteiger partial charge in [0.2, 0.25) is 5.95 Å². The maximum atomic E-state index is 12.6. The number of benzene rings is 1. The number of nitrogens with two attached hydrogens (primary N) is 1. The van der Waals surface area contributed by atoms with Crippen LogP contribution in [-0.2, 0) is 6.42 Å². The van der Waals surface area contributed by atoms with Crippen molar-refractivity contribution in [2.24, 2.45) is 0 Å². The average molecular weight is 351 g/mol. The number of rotatable bonds is 2. The van der Waals surface area contributed by atoms with E-state index in [4.69, 9.17) is 5.73 Å². The van der Waals surface area contributed by atoms with Crippen LogP contribution in [0.5, 0.6) is 0 Å². The molecule has 9 nitrogen and oxygen atoms in total. The lowest BCUT2D eigenvalue weighted by Crippen LogP contribution is -2.20. The van der Waals surface area contributed by atoms with E-state index in [9.17, 15) is 19.7 Å². The molecule has 0 radical (unpaired) electrons. The molecule has 0 fully saturated rings. The van der Waals surface area contributed by atoms with Gasteiger partial charge in [-0.25, -0.2) is 4.98 Å². The van der Waals surface area contributed by atoms with Crippen molar-refractivity contribution < 1.29 is 9.72 Å². The summed E-state index contributed by atoms with van der Waals surface area (Å²) in [5.41, 5.74) is 7.07. The van der Waals surface area contributed by atoms with Gasteiger partial charge >= 0.3 is 0 Å². The molecule has 1 aliphatic rings. The number of pyridine rings is 1. The number of carbonyl (C=O) groups is 1. The van der Waals surface area contributed by atoms with E-state index in [1.807, 2.05) is 0 Å². The van der Waals surface area contributed by atoms with Gasteiger partial charge in [-0.2, -0.15) is 4.98 Å². The first-order valence-corrected chi connectivity index (χ1v) is 7.96. The molecular formula is C17H13N5O4. The first kappa shape index (κ1) is 15.9. The number of fused-ring (bicyclic) bond motifs is 2. The highest BCUT2D eigenvalue weighted by atomic mass is 16.6. The zero-order valence-corrected chi connectivity index (χ0v) is 13.5. The highest BCUT2D eigenvalue weighted by Gasteiger charge is 2.27.